The minimum absolute atomic E-state index is 0.260. The standard InChI is InChI=1S/C16H17N3O2/c1-19-15-8-7-13(21-2)9-14(15)18-16(19)10-17-11-3-5-12(20)6-4-11/h3-9,17,20H,10H2,1-2H3. The lowest BCUT2D eigenvalue weighted by Crippen LogP contribution is -2.05. The zero-order chi connectivity index (χ0) is 14.8. The molecule has 21 heavy (non-hydrogen) atoms. The summed E-state index contributed by atoms with van der Waals surface area (Å²) >= 11 is 0. The number of fused-ring (bicyclic) bond motifs is 1. The number of nitrogens with one attached hydrogen (secondary N) is 1. The Morgan fingerprint density at radius 3 is 2.67 bits per heavy atom. The number of methoxy groups -OCH3 is 1. The van der Waals surface area contributed by atoms with Crippen LogP contribution >= 0.6 is 0 Å². The lowest BCUT2D eigenvalue weighted by Gasteiger charge is -2.06. The van der Waals surface area contributed by atoms with Gasteiger partial charge in [0.15, 0.2) is 0 Å². The molecule has 0 spiro atoms. The van der Waals surface area contributed by atoms with Crippen LogP contribution in [0, 0.1) is 0 Å². The highest BCUT2D eigenvalue weighted by Crippen LogP contribution is 2.21. The molecule has 0 atom stereocenters. The second kappa shape index (κ2) is 5.36. The maximum atomic E-state index is 9.27. The molecule has 0 amide bonds. The molecule has 108 valence electrons. The highest BCUT2D eigenvalue weighted by molar-refractivity contribution is 5.77. The van der Waals surface area contributed by atoms with Gasteiger partial charge in [0.05, 0.1) is 24.7 Å². The third kappa shape index (κ3) is 2.63. The third-order valence-electron chi connectivity index (χ3n) is 3.50. The number of hydrogen-bond donors (Lipinski definition) is 2. The summed E-state index contributed by atoms with van der Waals surface area (Å²) in [5.41, 5.74) is 2.93. The highest BCUT2D eigenvalue weighted by Gasteiger charge is 2.08. The molecule has 0 aliphatic carbocycles. The number of aromatic hydroxyl groups is 1. The van der Waals surface area contributed by atoms with E-state index in [0.717, 1.165) is 28.3 Å². The van der Waals surface area contributed by atoms with E-state index in [0.29, 0.717) is 6.54 Å². The molecule has 5 heteroatoms. The molecular weight excluding hydrogens is 266 g/mol. The lowest BCUT2D eigenvalue weighted by molar-refractivity contribution is 0.415. The summed E-state index contributed by atoms with van der Waals surface area (Å²) in [6.07, 6.45) is 0. The van der Waals surface area contributed by atoms with Crippen LogP contribution in [0.3, 0.4) is 0 Å². The number of anilines is 1. The van der Waals surface area contributed by atoms with Gasteiger partial charge < -0.3 is 19.7 Å². The first-order valence-corrected chi connectivity index (χ1v) is 6.69. The van der Waals surface area contributed by atoms with E-state index < -0.39 is 0 Å². The number of nitrogens with zero attached hydrogens (tertiary/aromatic N) is 2. The number of hydrogen-bond acceptors (Lipinski definition) is 4. The quantitative estimate of drug-likeness (QED) is 0.723. The molecule has 1 heterocycles. The molecule has 2 aromatic carbocycles. The van der Waals surface area contributed by atoms with Crippen molar-refractivity contribution in [1.82, 2.24) is 9.55 Å². The number of ether oxygens (including phenoxy) is 1. The van der Waals surface area contributed by atoms with Crippen LogP contribution in [-0.4, -0.2) is 21.8 Å². The summed E-state index contributed by atoms with van der Waals surface area (Å²) in [7, 11) is 3.65. The van der Waals surface area contributed by atoms with Crippen LogP contribution < -0.4 is 10.1 Å². The summed E-state index contributed by atoms with van der Waals surface area (Å²) in [6, 6.07) is 12.8. The molecule has 3 rings (SSSR count). The zero-order valence-corrected chi connectivity index (χ0v) is 12.0. The average Bonchev–Trinajstić information content (AvgIpc) is 2.82. The first-order valence-electron chi connectivity index (χ1n) is 6.69. The SMILES string of the molecule is COc1ccc2c(c1)nc(CNc1ccc(O)cc1)n2C. The fourth-order valence-electron chi connectivity index (χ4n) is 2.27. The van der Waals surface area contributed by atoms with Crippen molar-refractivity contribution in [3.05, 3.63) is 48.3 Å². The maximum absolute atomic E-state index is 9.27. The number of aryl methyl sites for hydroxylation is 1. The van der Waals surface area contributed by atoms with Gasteiger partial charge in [-0.2, -0.15) is 0 Å². The Kier molecular flexibility index (Phi) is 3.39. The molecule has 5 nitrogen and oxygen atoms in total. The van der Waals surface area contributed by atoms with Crippen molar-refractivity contribution in [2.24, 2.45) is 7.05 Å². The number of imidazole rings is 1. The Balaban J connectivity index is 1.83. The molecule has 1 aromatic heterocycles. The predicted octanol–water partition coefficient (Wildman–Crippen LogP) is 2.90. The summed E-state index contributed by atoms with van der Waals surface area (Å²) in [6.45, 7) is 0.609. The molecule has 0 aliphatic heterocycles. The van der Waals surface area contributed by atoms with Crippen LogP contribution in [-0.2, 0) is 13.6 Å². The van der Waals surface area contributed by atoms with Gasteiger partial charge in [0, 0.05) is 18.8 Å². The van der Waals surface area contributed by atoms with Crippen LogP contribution in [0.4, 0.5) is 5.69 Å². The fraction of sp³-hybridized carbons (Fsp3) is 0.188. The van der Waals surface area contributed by atoms with Crippen LogP contribution in [0.2, 0.25) is 0 Å². The molecule has 0 radical (unpaired) electrons. The van der Waals surface area contributed by atoms with Gasteiger partial charge in [-0.1, -0.05) is 0 Å². The highest BCUT2D eigenvalue weighted by atomic mass is 16.5. The molecule has 0 saturated carbocycles. The van der Waals surface area contributed by atoms with Crippen molar-refractivity contribution in [2.75, 3.05) is 12.4 Å². The monoisotopic (exact) mass is 283 g/mol. The van der Waals surface area contributed by atoms with Crippen molar-refractivity contribution in [3.63, 3.8) is 0 Å². The zero-order valence-electron chi connectivity index (χ0n) is 12.0. The third-order valence-corrected chi connectivity index (χ3v) is 3.50. The Bertz CT molecular complexity index is 763. The number of phenols is 1. The first kappa shape index (κ1) is 13.3. The number of phenolic OH excluding ortho intramolecular Hbond substituents is 1. The van der Waals surface area contributed by atoms with Gasteiger partial charge in [0.25, 0.3) is 0 Å². The Morgan fingerprint density at radius 2 is 1.95 bits per heavy atom. The predicted molar refractivity (Wildman–Crippen MR) is 82.7 cm³/mol. The summed E-state index contributed by atoms with van der Waals surface area (Å²) in [4.78, 5) is 4.62. The minimum Gasteiger partial charge on any atom is -0.508 e. The van der Waals surface area contributed by atoms with Gasteiger partial charge >= 0.3 is 0 Å². The van der Waals surface area contributed by atoms with Crippen molar-refractivity contribution < 1.29 is 9.84 Å². The van der Waals surface area contributed by atoms with Gasteiger partial charge in [-0.3, -0.25) is 0 Å². The molecular formula is C16H17N3O2. The van der Waals surface area contributed by atoms with E-state index >= 15 is 0 Å². The summed E-state index contributed by atoms with van der Waals surface area (Å²) in [5.74, 6) is 2.00. The van der Waals surface area contributed by atoms with E-state index in [4.69, 9.17) is 4.74 Å². The van der Waals surface area contributed by atoms with E-state index in [2.05, 4.69) is 14.9 Å². The van der Waals surface area contributed by atoms with Crippen LogP contribution in [0.15, 0.2) is 42.5 Å². The smallest absolute Gasteiger partial charge is 0.128 e. The Hall–Kier alpha value is -2.69. The largest absolute Gasteiger partial charge is 0.508 e. The number of aromatic nitrogens is 2. The van der Waals surface area contributed by atoms with E-state index in [-0.39, 0.29) is 5.75 Å². The minimum atomic E-state index is 0.260. The summed E-state index contributed by atoms with van der Waals surface area (Å²) in [5, 5.41) is 12.6. The second-order valence-corrected chi connectivity index (χ2v) is 4.84. The van der Waals surface area contributed by atoms with E-state index in [1.54, 1.807) is 19.2 Å². The molecule has 3 aromatic rings. The average molecular weight is 283 g/mol. The molecule has 0 bridgehead atoms. The van der Waals surface area contributed by atoms with E-state index in [1.165, 1.54) is 0 Å². The molecule has 0 saturated heterocycles. The van der Waals surface area contributed by atoms with Crippen LogP contribution in [0.1, 0.15) is 5.82 Å². The molecule has 0 aliphatic rings. The number of benzene rings is 2. The molecule has 0 unspecified atom stereocenters. The van der Waals surface area contributed by atoms with Gasteiger partial charge in [0.2, 0.25) is 0 Å². The Morgan fingerprint density at radius 1 is 1.19 bits per heavy atom. The first-order chi connectivity index (χ1) is 10.2. The second-order valence-electron chi connectivity index (χ2n) is 4.84. The number of rotatable bonds is 4. The normalized spacial score (nSPS) is 10.8. The van der Waals surface area contributed by atoms with Gasteiger partial charge in [0.1, 0.15) is 17.3 Å². The molecule has 0 fully saturated rings. The van der Waals surface area contributed by atoms with Crippen LogP contribution in [0.25, 0.3) is 11.0 Å². The maximum Gasteiger partial charge on any atom is 0.128 e. The van der Waals surface area contributed by atoms with Crippen molar-refractivity contribution in [2.45, 2.75) is 6.54 Å². The topological polar surface area (TPSA) is 59.3 Å². The lowest BCUT2D eigenvalue weighted by atomic mass is 10.3. The van der Waals surface area contributed by atoms with Crippen molar-refractivity contribution in [3.8, 4) is 11.5 Å². The van der Waals surface area contributed by atoms with Gasteiger partial charge in [-0.25, -0.2) is 4.98 Å². The summed E-state index contributed by atoms with van der Waals surface area (Å²) < 4.78 is 7.28. The van der Waals surface area contributed by atoms with E-state index in [9.17, 15) is 5.11 Å². The fourth-order valence-corrected chi connectivity index (χ4v) is 2.27. The van der Waals surface area contributed by atoms with Gasteiger partial charge in [-0.05, 0) is 36.4 Å². The van der Waals surface area contributed by atoms with E-state index in [1.807, 2.05) is 37.4 Å². The van der Waals surface area contributed by atoms with Gasteiger partial charge in [-0.15, -0.1) is 0 Å². The van der Waals surface area contributed by atoms with Crippen molar-refractivity contribution in [1.29, 1.82) is 0 Å². The Labute approximate surface area is 122 Å². The van der Waals surface area contributed by atoms with Crippen LogP contribution in [0.5, 0.6) is 11.5 Å². The molecule has 2 N–H and O–H groups in total. The van der Waals surface area contributed by atoms with Crippen molar-refractivity contribution >= 4 is 16.7 Å².